The third-order valence-electron chi connectivity index (χ3n) is 3.86. The first-order chi connectivity index (χ1) is 9.92. The van der Waals surface area contributed by atoms with Crippen molar-refractivity contribution < 1.29 is 14.7 Å². The Morgan fingerprint density at radius 1 is 1.33 bits per heavy atom. The smallest absolute Gasteiger partial charge is 0.305 e. The first kappa shape index (κ1) is 15.3. The molecule has 1 heterocycles. The molecule has 1 aliphatic carbocycles. The highest BCUT2D eigenvalue weighted by molar-refractivity contribution is 5.93. The van der Waals surface area contributed by atoms with Crippen molar-refractivity contribution in [2.45, 2.75) is 37.6 Å². The summed E-state index contributed by atoms with van der Waals surface area (Å²) in [7, 11) is 3.38. The predicted molar refractivity (Wildman–Crippen MR) is 79.3 cm³/mol. The molecule has 1 aliphatic rings. The Labute approximate surface area is 124 Å². The lowest BCUT2D eigenvalue weighted by molar-refractivity contribution is -0.138. The van der Waals surface area contributed by atoms with Crippen LogP contribution >= 0.6 is 0 Å². The highest BCUT2D eigenvalue weighted by Gasteiger charge is 2.36. The molecule has 0 bridgehead atoms. The summed E-state index contributed by atoms with van der Waals surface area (Å²) in [6.45, 7) is 0. The van der Waals surface area contributed by atoms with E-state index in [0.717, 1.165) is 25.7 Å². The topological polar surface area (TPSA) is 82.5 Å². The SMILES string of the molecule is CN(C)C(=O)c1ccc(NC2(CC(=O)O)CCCC2)nc1. The molecule has 6 heteroatoms. The van der Waals surface area contributed by atoms with Gasteiger partial charge >= 0.3 is 5.97 Å². The third kappa shape index (κ3) is 3.71. The number of carboxylic acid groups (broad SMARTS) is 1. The fourth-order valence-corrected chi connectivity index (χ4v) is 2.81. The zero-order chi connectivity index (χ0) is 15.5. The summed E-state index contributed by atoms with van der Waals surface area (Å²) in [6, 6.07) is 3.44. The Balaban J connectivity index is 2.11. The Bertz CT molecular complexity index is 519. The second-order valence-electron chi connectivity index (χ2n) is 5.81. The van der Waals surface area contributed by atoms with Gasteiger partial charge in [-0.3, -0.25) is 9.59 Å². The Hall–Kier alpha value is -2.11. The average molecular weight is 291 g/mol. The van der Waals surface area contributed by atoms with Crippen LogP contribution in [0.25, 0.3) is 0 Å². The standard InChI is InChI=1S/C15H21N3O3/c1-18(2)14(21)11-5-6-12(16-10-11)17-15(9-13(19)20)7-3-4-8-15/h5-6,10H,3-4,7-9H2,1-2H3,(H,16,17)(H,19,20). The van der Waals surface area contributed by atoms with Gasteiger partial charge in [0.1, 0.15) is 5.82 Å². The summed E-state index contributed by atoms with van der Waals surface area (Å²) < 4.78 is 0. The number of carboxylic acids is 1. The molecule has 1 fully saturated rings. The molecule has 0 unspecified atom stereocenters. The van der Waals surface area contributed by atoms with Crippen molar-refractivity contribution in [1.29, 1.82) is 0 Å². The molecule has 2 rings (SSSR count). The van der Waals surface area contributed by atoms with Gasteiger partial charge in [-0.15, -0.1) is 0 Å². The number of nitrogens with zero attached hydrogens (tertiary/aromatic N) is 2. The van der Waals surface area contributed by atoms with Crippen LogP contribution in [-0.4, -0.2) is 46.5 Å². The Morgan fingerprint density at radius 2 is 2.00 bits per heavy atom. The molecular weight excluding hydrogens is 270 g/mol. The number of rotatable bonds is 5. The molecule has 0 aliphatic heterocycles. The molecule has 1 aromatic heterocycles. The van der Waals surface area contributed by atoms with Crippen LogP contribution in [0.1, 0.15) is 42.5 Å². The molecule has 1 aromatic rings. The normalized spacial score (nSPS) is 16.5. The van der Waals surface area contributed by atoms with E-state index < -0.39 is 11.5 Å². The van der Waals surface area contributed by atoms with Crippen molar-refractivity contribution in [3.05, 3.63) is 23.9 Å². The third-order valence-corrected chi connectivity index (χ3v) is 3.86. The number of carbonyl (C=O) groups is 2. The van der Waals surface area contributed by atoms with Crippen LogP contribution in [0, 0.1) is 0 Å². The van der Waals surface area contributed by atoms with Gasteiger partial charge in [-0.25, -0.2) is 4.98 Å². The van der Waals surface area contributed by atoms with Crippen LogP contribution in [0.3, 0.4) is 0 Å². The predicted octanol–water partition coefficient (Wildman–Crippen LogP) is 1.98. The molecule has 0 saturated heterocycles. The summed E-state index contributed by atoms with van der Waals surface area (Å²) in [5, 5.41) is 12.3. The molecule has 1 saturated carbocycles. The van der Waals surface area contributed by atoms with E-state index in [1.54, 1.807) is 26.2 Å². The molecule has 0 atom stereocenters. The van der Waals surface area contributed by atoms with Gasteiger partial charge in [0, 0.05) is 25.8 Å². The zero-order valence-corrected chi connectivity index (χ0v) is 12.4. The van der Waals surface area contributed by atoms with Crippen LogP contribution in [0.15, 0.2) is 18.3 Å². The maximum absolute atomic E-state index is 11.8. The Kier molecular flexibility index (Phi) is 4.45. The molecule has 6 nitrogen and oxygen atoms in total. The minimum absolute atomic E-state index is 0.0903. The number of amides is 1. The second kappa shape index (κ2) is 6.11. The van der Waals surface area contributed by atoms with Crippen molar-refractivity contribution >= 4 is 17.7 Å². The Morgan fingerprint density at radius 3 is 2.48 bits per heavy atom. The van der Waals surface area contributed by atoms with Crippen molar-refractivity contribution in [2.24, 2.45) is 0 Å². The van der Waals surface area contributed by atoms with Gasteiger partial charge in [-0.2, -0.15) is 0 Å². The fraction of sp³-hybridized carbons (Fsp3) is 0.533. The van der Waals surface area contributed by atoms with Gasteiger partial charge in [0.15, 0.2) is 0 Å². The molecule has 2 N–H and O–H groups in total. The van der Waals surface area contributed by atoms with Crippen LogP contribution in [0.5, 0.6) is 0 Å². The van der Waals surface area contributed by atoms with Crippen LogP contribution in [0.2, 0.25) is 0 Å². The summed E-state index contributed by atoms with van der Waals surface area (Å²) in [5.74, 6) is -0.285. The highest BCUT2D eigenvalue weighted by atomic mass is 16.4. The average Bonchev–Trinajstić information content (AvgIpc) is 2.86. The maximum Gasteiger partial charge on any atom is 0.305 e. The number of nitrogens with one attached hydrogen (secondary N) is 1. The van der Waals surface area contributed by atoms with Crippen LogP contribution in [0.4, 0.5) is 5.82 Å². The number of carbonyl (C=O) groups excluding carboxylic acids is 1. The van der Waals surface area contributed by atoms with E-state index in [4.69, 9.17) is 5.11 Å². The van der Waals surface area contributed by atoms with E-state index in [2.05, 4.69) is 10.3 Å². The van der Waals surface area contributed by atoms with E-state index in [9.17, 15) is 9.59 Å². The summed E-state index contributed by atoms with van der Waals surface area (Å²) in [5.41, 5.74) is 0.107. The fourth-order valence-electron chi connectivity index (χ4n) is 2.81. The van der Waals surface area contributed by atoms with E-state index >= 15 is 0 Å². The number of hydrogen-bond acceptors (Lipinski definition) is 4. The first-order valence-corrected chi connectivity index (χ1v) is 7.10. The number of aromatic nitrogens is 1. The van der Waals surface area contributed by atoms with Crippen LogP contribution < -0.4 is 5.32 Å². The molecule has 1 amide bonds. The van der Waals surface area contributed by atoms with Gasteiger partial charge < -0.3 is 15.3 Å². The zero-order valence-electron chi connectivity index (χ0n) is 12.4. The van der Waals surface area contributed by atoms with Gasteiger partial charge in [0.25, 0.3) is 5.91 Å². The lowest BCUT2D eigenvalue weighted by Crippen LogP contribution is -2.37. The molecule has 21 heavy (non-hydrogen) atoms. The molecular formula is C15H21N3O3. The highest BCUT2D eigenvalue weighted by Crippen LogP contribution is 2.35. The van der Waals surface area contributed by atoms with Crippen LogP contribution in [-0.2, 0) is 4.79 Å². The molecule has 0 radical (unpaired) electrons. The molecule has 114 valence electrons. The minimum atomic E-state index is -0.802. The largest absolute Gasteiger partial charge is 0.481 e. The monoisotopic (exact) mass is 291 g/mol. The number of hydrogen-bond donors (Lipinski definition) is 2. The quantitative estimate of drug-likeness (QED) is 0.867. The second-order valence-corrected chi connectivity index (χ2v) is 5.81. The summed E-state index contributed by atoms with van der Waals surface area (Å²) in [6.07, 6.45) is 5.33. The number of aliphatic carboxylic acids is 1. The number of pyridine rings is 1. The minimum Gasteiger partial charge on any atom is -0.481 e. The van der Waals surface area contributed by atoms with E-state index in [1.807, 2.05) is 0 Å². The van der Waals surface area contributed by atoms with Gasteiger partial charge in [-0.05, 0) is 25.0 Å². The van der Waals surface area contributed by atoms with E-state index in [-0.39, 0.29) is 12.3 Å². The maximum atomic E-state index is 11.8. The van der Waals surface area contributed by atoms with Gasteiger partial charge in [0.05, 0.1) is 12.0 Å². The lowest BCUT2D eigenvalue weighted by atomic mass is 9.93. The lowest BCUT2D eigenvalue weighted by Gasteiger charge is -2.29. The van der Waals surface area contributed by atoms with E-state index in [0.29, 0.717) is 11.4 Å². The molecule has 0 spiro atoms. The summed E-state index contributed by atoms with van der Waals surface area (Å²) in [4.78, 5) is 28.6. The van der Waals surface area contributed by atoms with Crippen molar-refractivity contribution in [3.8, 4) is 0 Å². The van der Waals surface area contributed by atoms with Gasteiger partial charge in [-0.1, -0.05) is 12.8 Å². The van der Waals surface area contributed by atoms with Crippen molar-refractivity contribution in [3.63, 3.8) is 0 Å². The van der Waals surface area contributed by atoms with Crippen molar-refractivity contribution in [1.82, 2.24) is 9.88 Å². The first-order valence-electron chi connectivity index (χ1n) is 7.10. The van der Waals surface area contributed by atoms with Crippen molar-refractivity contribution in [2.75, 3.05) is 19.4 Å². The molecule has 0 aromatic carbocycles. The van der Waals surface area contributed by atoms with E-state index in [1.165, 1.54) is 11.1 Å². The summed E-state index contributed by atoms with van der Waals surface area (Å²) >= 11 is 0. The number of anilines is 1. The van der Waals surface area contributed by atoms with Gasteiger partial charge in [0.2, 0.25) is 0 Å².